The van der Waals surface area contributed by atoms with Crippen molar-refractivity contribution in [2.24, 2.45) is 0 Å². The zero-order chi connectivity index (χ0) is 14.5. The number of ether oxygens (including phenoxy) is 3. The Hall–Kier alpha value is -2.49. The first kappa shape index (κ1) is 13.5. The average Bonchev–Trinajstić information content (AvgIpc) is 2.99. The van der Waals surface area contributed by atoms with Gasteiger partial charge in [0, 0.05) is 6.42 Å². The van der Waals surface area contributed by atoms with Crippen LogP contribution in [0.2, 0.25) is 0 Å². The van der Waals surface area contributed by atoms with Crippen LogP contribution in [0.4, 0.5) is 0 Å². The molecule has 0 aliphatic carbocycles. The summed E-state index contributed by atoms with van der Waals surface area (Å²) in [4.78, 5) is 11.7. The molecule has 21 heavy (non-hydrogen) atoms. The maximum absolute atomic E-state index is 11.7. The monoisotopic (exact) mass is 284 g/mol. The first-order valence-corrected chi connectivity index (χ1v) is 6.89. The summed E-state index contributed by atoms with van der Waals surface area (Å²) in [6.07, 6.45) is 0.983. The molecule has 0 N–H and O–H groups in total. The van der Waals surface area contributed by atoms with Crippen molar-refractivity contribution in [2.75, 3.05) is 6.79 Å². The van der Waals surface area contributed by atoms with Gasteiger partial charge in [-0.1, -0.05) is 36.4 Å². The van der Waals surface area contributed by atoms with Crippen LogP contribution >= 0.6 is 0 Å². The standard InChI is InChI=1S/C17H16O4/c18-17(19-11-14-4-2-1-3-5-14)9-7-13-6-8-15-16(10-13)21-12-20-15/h1-6,8,10H,7,9,11-12H2. The second-order valence-corrected chi connectivity index (χ2v) is 4.83. The number of carbonyl (C=O) groups excluding carboxylic acids is 1. The van der Waals surface area contributed by atoms with E-state index in [9.17, 15) is 4.79 Å². The third-order valence-electron chi connectivity index (χ3n) is 3.30. The Morgan fingerprint density at radius 3 is 2.67 bits per heavy atom. The van der Waals surface area contributed by atoms with E-state index in [4.69, 9.17) is 14.2 Å². The summed E-state index contributed by atoms with van der Waals surface area (Å²) >= 11 is 0. The molecular formula is C17H16O4. The van der Waals surface area contributed by atoms with Gasteiger partial charge in [-0.15, -0.1) is 0 Å². The van der Waals surface area contributed by atoms with Crippen molar-refractivity contribution in [3.05, 3.63) is 59.7 Å². The van der Waals surface area contributed by atoms with Crippen LogP contribution in [0.1, 0.15) is 17.5 Å². The Balaban J connectivity index is 1.47. The molecule has 0 fully saturated rings. The van der Waals surface area contributed by atoms with Crippen LogP contribution in [0.15, 0.2) is 48.5 Å². The van der Waals surface area contributed by atoms with Crippen LogP contribution in [0.25, 0.3) is 0 Å². The summed E-state index contributed by atoms with van der Waals surface area (Å²) in [6.45, 7) is 0.582. The minimum atomic E-state index is -0.198. The molecule has 0 bridgehead atoms. The predicted molar refractivity (Wildman–Crippen MR) is 77.1 cm³/mol. The van der Waals surface area contributed by atoms with E-state index >= 15 is 0 Å². The molecule has 0 aromatic heterocycles. The molecular weight excluding hydrogens is 268 g/mol. The van der Waals surface area contributed by atoms with Gasteiger partial charge in [0.15, 0.2) is 11.5 Å². The number of benzene rings is 2. The van der Waals surface area contributed by atoms with Crippen LogP contribution in [0, 0.1) is 0 Å². The van der Waals surface area contributed by atoms with E-state index in [2.05, 4.69) is 0 Å². The van der Waals surface area contributed by atoms with E-state index in [0.717, 1.165) is 22.6 Å². The SMILES string of the molecule is O=C(CCc1ccc2c(c1)OCO2)OCc1ccccc1. The Kier molecular flexibility index (Phi) is 4.05. The van der Waals surface area contributed by atoms with Gasteiger partial charge in [0.2, 0.25) is 6.79 Å². The highest BCUT2D eigenvalue weighted by Crippen LogP contribution is 2.32. The molecule has 108 valence electrons. The molecule has 3 rings (SSSR count). The van der Waals surface area contributed by atoms with Gasteiger partial charge >= 0.3 is 5.97 Å². The average molecular weight is 284 g/mol. The molecule has 2 aromatic rings. The normalized spacial score (nSPS) is 12.2. The molecule has 4 heteroatoms. The molecule has 0 spiro atoms. The minimum Gasteiger partial charge on any atom is -0.461 e. The van der Waals surface area contributed by atoms with Gasteiger partial charge in [0.1, 0.15) is 6.61 Å². The fraction of sp³-hybridized carbons (Fsp3) is 0.235. The fourth-order valence-electron chi connectivity index (χ4n) is 2.15. The highest BCUT2D eigenvalue weighted by molar-refractivity contribution is 5.69. The van der Waals surface area contributed by atoms with Crippen molar-refractivity contribution < 1.29 is 19.0 Å². The van der Waals surface area contributed by atoms with Crippen molar-refractivity contribution in [1.82, 2.24) is 0 Å². The second kappa shape index (κ2) is 6.31. The third kappa shape index (κ3) is 3.54. The summed E-state index contributed by atoms with van der Waals surface area (Å²) in [7, 11) is 0. The topological polar surface area (TPSA) is 44.8 Å². The van der Waals surface area contributed by atoms with Crippen LogP contribution in [-0.4, -0.2) is 12.8 Å². The van der Waals surface area contributed by atoms with Crippen LogP contribution in [0.3, 0.4) is 0 Å². The molecule has 0 saturated carbocycles. The number of fused-ring (bicyclic) bond motifs is 1. The lowest BCUT2D eigenvalue weighted by Gasteiger charge is -2.05. The molecule has 0 amide bonds. The summed E-state index contributed by atoms with van der Waals surface area (Å²) in [6, 6.07) is 15.4. The van der Waals surface area contributed by atoms with Gasteiger partial charge in [0.05, 0.1) is 0 Å². The van der Waals surface area contributed by atoms with Crippen molar-refractivity contribution >= 4 is 5.97 Å². The Morgan fingerprint density at radius 1 is 1.00 bits per heavy atom. The molecule has 0 atom stereocenters. The van der Waals surface area contributed by atoms with Gasteiger partial charge in [-0.3, -0.25) is 4.79 Å². The summed E-state index contributed by atoms with van der Waals surface area (Å²) in [5, 5.41) is 0. The maximum Gasteiger partial charge on any atom is 0.306 e. The second-order valence-electron chi connectivity index (χ2n) is 4.83. The van der Waals surface area contributed by atoms with Gasteiger partial charge in [-0.2, -0.15) is 0 Å². The molecule has 1 aliphatic rings. The molecule has 0 saturated heterocycles. The lowest BCUT2D eigenvalue weighted by molar-refractivity contribution is -0.144. The molecule has 4 nitrogen and oxygen atoms in total. The zero-order valence-electron chi connectivity index (χ0n) is 11.6. The quantitative estimate of drug-likeness (QED) is 0.791. The third-order valence-corrected chi connectivity index (χ3v) is 3.30. The van der Waals surface area contributed by atoms with Crippen molar-refractivity contribution in [1.29, 1.82) is 0 Å². The van der Waals surface area contributed by atoms with Gasteiger partial charge < -0.3 is 14.2 Å². The Bertz CT molecular complexity index is 622. The summed E-state index contributed by atoms with van der Waals surface area (Å²) in [5.41, 5.74) is 2.03. The van der Waals surface area contributed by atoms with Gasteiger partial charge in [-0.05, 0) is 29.7 Å². The first-order valence-electron chi connectivity index (χ1n) is 6.89. The van der Waals surface area contributed by atoms with Crippen LogP contribution < -0.4 is 9.47 Å². The number of carbonyl (C=O) groups is 1. The van der Waals surface area contributed by atoms with Crippen LogP contribution in [-0.2, 0) is 22.6 Å². The van der Waals surface area contributed by atoms with E-state index in [1.54, 1.807) is 0 Å². The van der Waals surface area contributed by atoms with E-state index in [-0.39, 0.29) is 12.8 Å². The Labute approximate surface area is 123 Å². The fourth-order valence-corrected chi connectivity index (χ4v) is 2.15. The summed E-state index contributed by atoms with van der Waals surface area (Å²) in [5.74, 6) is 1.30. The Morgan fingerprint density at radius 2 is 1.81 bits per heavy atom. The number of aryl methyl sites for hydroxylation is 1. The first-order chi connectivity index (χ1) is 10.3. The number of esters is 1. The molecule has 1 aliphatic heterocycles. The van der Waals surface area contributed by atoms with Gasteiger partial charge in [0.25, 0.3) is 0 Å². The van der Waals surface area contributed by atoms with Crippen molar-refractivity contribution in [3.63, 3.8) is 0 Å². The number of hydrogen-bond donors (Lipinski definition) is 0. The molecule has 0 unspecified atom stereocenters. The van der Waals surface area contributed by atoms with E-state index in [1.165, 1.54) is 0 Å². The van der Waals surface area contributed by atoms with E-state index in [0.29, 0.717) is 19.4 Å². The highest BCUT2D eigenvalue weighted by atomic mass is 16.7. The lowest BCUT2D eigenvalue weighted by Crippen LogP contribution is -2.05. The van der Waals surface area contributed by atoms with Crippen molar-refractivity contribution in [2.45, 2.75) is 19.4 Å². The predicted octanol–water partition coefficient (Wildman–Crippen LogP) is 3.09. The van der Waals surface area contributed by atoms with E-state index in [1.807, 2.05) is 48.5 Å². The lowest BCUT2D eigenvalue weighted by atomic mass is 10.1. The largest absolute Gasteiger partial charge is 0.461 e. The molecule has 2 aromatic carbocycles. The molecule has 0 radical (unpaired) electrons. The van der Waals surface area contributed by atoms with Crippen LogP contribution in [0.5, 0.6) is 11.5 Å². The van der Waals surface area contributed by atoms with Crippen molar-refractivity contribution in [3.8, 4) is 11.5 Å². The summed E-state index contributed by atoms with van der Waals surface area (Å²) < 4.78 is 15.8. The smallest absolute Gasteiger partial charge is 0.306 e. The zero-order valence-corrected chi connectivity index (χ0v) is 11.6. The minimum absolute atomic E-state index is 0.198. The van der Waals surface area contributed by atoms with Gasteiger partial charge in [-0.25, -0.2) is 0 Å². The number of rotatable bonds is 5. The highest BCUT2D eigenvalue weighted by Gasteiger charge is 2.13. The van der Waals surface area contributed by atoms with E-state index < -0.39 is 0 Å². The maximum atomic E-state index is 11.7. The number of hydrogen-bond acceptors (Lipinski definition) is 4. The molecule has 1 heterocycles.